The standard InChI is InChI=1S/C27H38O7/c1-8-10-23(29)33-21-15-27-20(24(30)34-25(27)32-18(5)28)13-19(31-7)14-22(27)26(6,17(21)4)12-11-16(3)9-2/h9,11,13,17,19,21-22,25H,2,8,10,12,14-15H2,1,3-7H3/b16-11-/t17-,19+,21+,22+,25-,26-,27-/m1/s1. The van der Waals surface area contributed by atoms with Gasteiger partial charge in [-0.3, -0.25) is 9.59 Å². The van der Waals surface area contributed by atoms with Crippen LogP contribution >= 0.6 is 0 Å². The Kier molecular flexibility index (Phi) is 7.75. The molecule has 0 aromatic rings. The van der Waals surface area contributed by atoms with Crippen molar-refractivity contribution in [3.63, 3.8) is 0 Å². The molecule has 1 heterocycles. The van der Waals surface area contributed by atoms with Gasteiger partial charge >= 0.3 is 17.9 Å². The smallest absolute Gasteiger partial charge is 0.337 e. The van der Waals surface area contributed by atoms with Gasteiger partial charge in [-0.2, -0.15) is 0 Å². The summed E-state index contributed by atoms with van der Waals surface area (Å²) in [6, 6.07) is 0. The third kappa shape index (κ3) is 4.47. The molecule has 3 aliphatic rings. The second kappa shape index (κ2) is 10.1. The van der Waals surface area contributed by atoms with Gasteiger partial charge in [0.25, 0.3) is 6.29 Å². The van der Waals surface area contributed by atoms with E-state index in [9.17, 15) is 14.4 Å². The van der Waals surface area contributed by atoms with Crippen LogP contribution in [0.5, 0.6) is 0 Å². The van der Waals surface area contributed by atoms with Gasteiger partial charge in [-0.1, -0.05) is 45.1 Å². The molecule has 2 fully saturated rings. The summed E-state index contributed by atoms with van der Waals surface area (Å²) in [6.45, 7) is 13.4. The van der Waals surface area contributed by atoms with Gasteiger partial charge in [-0.15, -0.1) is 0 Å². The molecule has 188 valence electrons. The molecule has 7 atom stereocenters. The molecule has 1 saturated heterocycles. The van der Waals surface area contributed by atoms with Crippen LogP contribution in [0.15, 0.2) is 36.0 Å². The van der Waals surface area contributed by atoms with Crippen molar-refractivity contribution >= 4 is 17.9 Å². The fourth-order valence-electron chi connectivity index (χ4n) is 6.12. The average molecular weight is 475 g/mol. The number of carbonyl (C=O) groups excluding carboxylic acids is 3. The van der Waals surface area contributed by atoms with Gasteiger partial charge < -0.3 is 18.9 Å². The van der Waals surface area contributed by atoms with Crippen LogP contribution in [0.25, 0.3) is 0 Å². The van der Waals surface area contributed by atoms with Crippen LogP contribution in [-0.4, -0.2) is 43.5 Å². The van der Waals surface area contributed by atoms with Gasteiger partial charge in [0.05, 0.1) is 11.5 Å². The maximum atomic E-state index is 13.1. The molecule has 0 N–H and O–H groups in total. The lowest BCUT2D eigenvalue weighted by atomic mass is 9.45. The summed E-state index contributed by atoms with van der Waals surface area (Å²) in [4.78, 5) is 37.7. The highest BCUT2D eigenvalue weighted by Gasteiger charge is 2.70. The Labute approximate surface area is 202 Å². The molecule has 0 aromatic carbocycles. The first kappa shape index (κ1) is 26.2. The predicted octanol–water partition coefficient (Wildman–Crippen LogP) is 4.66. The molecular weight excluding hydrogens is 436 g/mol. The summed E-state index contributed by atoms with van der Waals surface area (Å²) in [5.74, 6) is -1.44. The highest BCUT2D eigenvalue weighted by molar-refractivity contribution is 5.93. The van der Waals surface area contributed by atoms with E-state index < -0.39 is 35.2 Å². The summed E-state index contributed by atoms with van der Waals surface area (Å²) in [5.41, 5.74) is 0.160. The number of carbonyl (C=O) groups is 3. The Hall–Kier alpha value is -2.41. The number of hydrogen-bond donors (Lipinski definition) is 0. The first-order chi connectivity index (χ1) is 16.0. The normalized spacial score (nSPS) is 37.1. The van der Waals surface area contributed by atoms with Crippen molar-refractivity contribution in [1.82, 2.24) is 0 Å². The maximum absolute atomic E-state index is 13.1. The molecule has 0 aromatic heterocycles. The van der Waals surface area contributed by atoms with Crippen molar-refractivity contribution in [2.24, 2.45) is 22.7 Å². The van der Waals surface area contributed by atoms with Crippen LogP contribution in [0, 0.1) is 22.7 Å². The summed E-state index contributed by atoms with van der Waals surface area (Å²) in [7, 11) is 1.62. The fourth-order valence-corrected chi connectivity index (χ4v) is 6.12. The summed E-state index contributed by atoms with van der Waals surface area (Å²) < 4.78 is 23.0. The van der Waals surface area contributed by atoms with Crippen molar-refractivity contribution in [3.8, 4) is 0 Å². The van der Waals surface area contributed by atoms with E-state index in [2.05, 4.69) is 26.5 Å². The van der Waals surface area contributed by atoms with Gasteiger partial charge in [0.2, 0.25) is 0 Å². The lowest BCUT2D eigenvalue weighted by Crippen LogP contribution is -2.61. The molecule has 2 aliphatic carbocycles. The highest BCUT2D eigenvalue weighted by Crippen LogP contribution is 2.66. The summed E-state index contributed by atoms with van der Waals surface area (Å²) >= 11 is 0. The monoisotopic (exact) mass is 474 g/mol. The lowest BCUT2D eigenvalue weighted by molar-refractivity contribution is -0.228. The molecular formula is C27H38O7. The number of cyclic esters (lactones) is 1. The van der Waals surface area contributed by atoms with Crippen molar-refractivity contribution in [1.29, 1.82) is 0 Å². The molecule has 3 rings (SSSR count). The van der Waals surface area contributed by atoms with Crippen LogP contribution in [0.2, 0.25) is 0 Å². The minimum Gasteiger partial charge on any atom is -0.462 e. The zero-order valence-corrected chi connectivity index (χ0v) is 21.2. The van der Waals surface area contributed by atoms with E-state index in [0.29, 0.717) is 37.7 Å². The molecule has 0 bridgehead atoms. The van der Waals surface area contributed by atoms with E-state index in [0.717, 1.165) is 5.57 Å². The number of rotatable bonds is 8. The minimum absolute atomic E-state index is 0.0247. The second-order valence-corrected chi connectivity index (χ2v) is 10.2. The molecule has 1 spiro atoms. The van der Waals surface area contributed by atoms with E-state index in [1.54, 1.807) is 19.3 Å². The molecule has 7 nitrogen and oxygen atoms in total. The summed E-state index contributed by atoms with van der Waals surface area (Å²) in [6.07, 6.45) is 6.58. The molecule has 0 radical (unpaired) electrons. The van der Waals surface area contributed by atoms with Crippen molar-refractivity contribution in [2.45, 2.75) is 85.2 Å². The van der Waals surface area contributed by atoms with Crippen LogP contribution < -0.4 is 0 Å². The highest BCUT2D eigenvalue weighted by atomic mass is 16.7. The average Bonchev–Trinajstić information content (AvgIpc) is 3.05. The molecule has 0 amide bonds. The number of methoxy groups -OCH3 is 1. The zero-order chi connectivity index (χ0) is 25.3. The Morgan fingerprint density at radius 1 is 1.29 bits per heavy atom. The SMILES string of the molecule is C=C/C(C)=C\C[C@]1(C)[C@H](C)[C@@H](OC(=O)CCC)C[C@@]23C(=C[C@H](OC)C[C@@H]12)C(=O)O[C@H]3OC(C)=O. The molecule has 7 heteroatoms. The first-order valence-electron chi connectivity index (χ1n) is 12.1. The Balaban J connectivity index is 2.19. The summed E-state index contributed by atoms with van der Waals surface area (Å²) in [5, 5.41) is 0. The first-order valence-corrected chi connectivity index (χ1v) is 12.1. The minimum atomic E-state index is -1.07. The molecule has 0 unspecified atom stereocenters. The van der Waals surface area contributed by atoms with Gasteiger partial charge in [0, 0.05) is 32.4 Å². The molecule has 34 heavy (non-hydrogen) atoms. The molecule has 1 aliphatic heterocycles. The van der Waals surface area contributed by atoms with Crippen LogP contribution in [0.4, 0.5) is 0 Å². The van der Waals surface area contributed by atoms with E-state index >= 15 is 0 Å². The van der Waals surface area contributed by atoms with Crippen LogP contribution in [-0.2, 0) is 33.3 Å². The quantitative estimate of drug-likeness (QED) is 0.373. The number of allylic oxidation sites excluding steroid dienone is 3. The Morgan fingerprint density at radius 3 is 2.59 bits per heavy atom. The van der Waals surface area contributed by atoms with E-state index in [1.807, 2.05) is 13.8 Å². The van der Waals surface area contributed by atoms with Crippen molar-refractivity contribution in [3.05, 3.63) is 36.0 Å². The van der Waals surface area contributed by atoms with Crippen LogP contribution in [0.1, 0.15) is 66.7 Å². The fraction of sp³-hybridized carbons (Fsp3) is 0.667. The van der Waals surface area contributed by atoms with Gasteiger partial charge in [0.1, 0.15) is 6.10 Å². The van der Waals surface area contributed by atoms with Gasteiger partial charge in [-0.05, 0) is 49.5 Å². The topological polar surface area (TPSA) is 88.1 Å². The number of ether oxygens (including phenoxy) is 4. The van der Waals surface area contributed by atoms with E-state index in [-0.39, 0.29) is 23.9 Å². The van der Waals surface area contributed by atoms with E-state index in [4.69, 9.17) is 18.9 Å². The van der Waals surface area contributed by atoms with E-state index in [1.165, 1.54) is 6.92 Å². The Bertz CT molecular complexity index is 903. The lowest BCUT2D eigenvalue weighted by Gasteiger charge is -2.59. The number of esters is 3. The van der Waals surface area contributed by atoms with Crippen molar-refractivity contribution < 1.29 is 33.3 Å². The predicted molar refractivity (Wildman–Crippen MR) is 126 cm³/mol. The third-order valence-electron chi connectivity index (χ3n) is 8.23. The zero-order valence-electron chi connectivity index (χ0n) is 21.2. The van der Waals surface area contributed by atoms with Gasteiger partial charge in [0.15, 0.2) is 0 Å². The second-order valence-electron chi connectivity index (χ2n) is 10.2. The Morgan fingerprint density at radius 2 is 2.00 bits per heavy atom. The van der Waals surface area contributed by atoms with Crippen LogP contribution in [0.3, 0.4) is 0 Å². The van der Waals surface area contributed by atoms with Gasteiger partial charge in [-0.25, -0.2) is 4.79 Å². The van der Waals surface area contributed by atoms with Crippen molar-refractivity contribution in [2.75, 3.05) is 7.11 Å². The maximum Gasteiger partial charge on any atom is 0.337 e. The number of hydrogen-bond acceptors (Lipinski definition) is 7. The largest absolute Gasteiger partial charge is 0.462 e. The molecule has 1 saturated carbocycles. The third-order valence-corrected chi connectivity index (χ3v) is 8.23.